The van der Waals surface area contributed by atoms with Crippen LogP contribution >= 0.6 is 0 Å². The van der Waals surface area contributed by atoms with E-state index in [2.05, 4.69) is 5.16 Å². The second kappa shape index (κ2) is 2.26. The molecular formula is C4H5N3O3. The van der Waals surface area contributed by atoms with Crippen molar-refractivity contribution in [2.24, 2.45) is 5.16 Å². The molecule has 6 heteroatoms. The number of nitrogens with zero attached hydrogens (tertiary/aromatic N) is 3. The van der Waals surface area contributed by atoms with Gasteiger partial charge < -0.3 is 15.6 Å². The summed E-state index contributed by atoms with van der Waals surface area (Å²) >= 11 is 0. The van der Waals surface area contributed by atoms with Crippen LogP contribution in [0.2, 0.25) is 0 Å². The van der Waals surface area contributed by atoms with Gasteiger partial charge >= 0.3 is 5.82 Å². The van der Waals surface area contributed by atoms with E-state index in [0.717, 1.165) is 18.6 Å². The Hall–Kier alpha value is -1.72. The Bertz CT molecular complexity index is 235. The number of aromatic nitrogens is 2. The van der Waals surface area contributed by atoms with Gasteiger partial charge in [-0.3, -0.25) is 0 Å². The molecule has 0 fully saturated rings. The molecule has 0 aliphatic carbocycles. The van der Waals surface area contributed by atoms with Crippen LogP contribution in [0.3, 0.4) is 0 Å². The Morgan fingerprint density at radius 2 is 2.50 bits per heavy atom. The quantitative estimate of drug-likeness (QED) is 0.134. The van der Waals surface area contributed by atoms with E-state index in [4.69, 9.17) is 10.4 Å². The maximum atomic E-state index is 10.6. The standard InChI is InChI=1S/C4H5N3O3/c8-5-3-4-6(9)1-2-7(4)10/h1-3,8-9H. The van der Waals surface area contributed by atoms with Crippen LogP contribution in [-0.2, 0) is 0 Å². The normalized spacial score (nSPS) is 10.8. The van der Waals surface area contributed by atoms with Crippen molar-refractivity contribution >= 4 is 6.21 Å². The van der Waals surface area contributed by atoms with Crippen LogP contribution in [0.4, 0.5) is 0 Å². The Morgan fingerprint density at radius 3 is 2.90 bits per heavy atom. The molecule has 0 saturated carbocycles. The lowest BCUT2D eigenvalue weighted by Gasteiger charge is -1.94. The molecule has 0 aromatic carbocycles. The van der Waals surface area contributed by atoms with Gasteiger partial charge in [0.05, 0.1) is 0 Å². The van der Waals surface area contributed by atoms with Gasteiger partial charge in [-0.15, -0.1) is 0 Å². The smallest absolute Gasteiger partial charge is 0.345 e. The maximum Gasteiger partial charge on any atom is 0.345 e. The SMILES string of the molecule is [O-][n+]1ccn(O)c1C=NO. The van der Waals surface area contributed by atoms with Crippen molar-refractivity contribution in [3.05, 3.63) is 23.4 Å². The van der Waals surface area contributed by atoms with Crippen LogP contribution in [0.1, 0.15) is 5.82 Å². The highest BCUT2D eigenvalue weighted by Crippen LogP contribution is 1.84. The van der Waals surface area contributed by atoms with Gasteiger partial charge in [0.2, 0.25) is 0 Å². The Labute approximate surface area is 55.8 Å². The minimum atomic E-state index is -0.150. The fraction of sp³-hybridized carbons (Fsp3) is 0. The minimum absolute atomic E-state index is 0.150. The summed E-state index contributed by atoms with van der Waals surface area (Å²) in [5.74, 6) is -0.150. The van der Waals surface area contributed by atoms with E-state index in [1.807, 2.05) is 0 Å². The van der Waals surface area contributed by atoms with Crippen molar-refractivity contribution in [3.8, 4) is 0 Å². The summed E-state index contributed by atoms with van der Waals surface area (Å²) in [5, 5.41) is 29.9. The van der Waals surface area contributed by atoms with Crippen LogP contribution in [0, 0.1) is 5.21 Å². The molecular weight excluding hydrogens is 138 g/mol. The first kappa shape index (κ1) is 6.40. The highest BCUT2D eigenvalue weighted by molar-refractivity contribution is 5.71. The summed E-state index contributed by atoms with van der Waals surface area (Å²) in [6.07, 6.45) is 3.04. The van der Waals surface area contributed by atoms with Crippen LogP contribution < -0.4 is 4.73 Å². The minimum Gasteiger partial charge on any atom is -0.710 e. The molecule has 1 aromatic rings. The summed E-state index contributed by atoms with van der Waals surface area (Å²) in [7, 11) is 0. The zero-order valence-electron chi connectivity index (χ0n) is 4.88. The van der Waals surface area contributed by atoms with E-state index < -0.39 is 0 Å². The number of oxime groups is 1. The molecule has 54 valence electrons. The van der Waals surface area contributed by atoms with Crippen LogP contribution in [0.15, 0.2) is 17.5 Å². The summed E-state index contributed by atoms with van der Waals surface area (Å²) in [6, 6.07) is 0. The van der Waals surface area contributed by atoms with E-state index in [0.29, 0.717) is 9.46 Å². The van der Waals surface area contributed by atoms with E-state index in [-0.39, 0.29) is 5.82 Å². The van der Waals surface area contributed by atoms with Crippen molar-refractivity contribution in [1.29, 1.82) is 0 Å². The van der Waals surface area contributed by atoms with Gasteiger partial charge in [0.25, 0.3) is 0 Å². The van der Waals surface area contributed by atoms with Gasteiger partial charge in [-0.1, -0.05) is 5.16 Å². The molecule has 0 spiro atoms. The van der Waals surface area contributed by atoms with Crippen LogP contribution in [0.5, 0.6) is 0 Å². The van der Waals surface area contributed by atoms with Crippen molar-refractivity contribution in [3.63, 3.8) is 0 Å². The molecule has 10 heavy (non-hydrogen) atoms. The molecule has 0 radical (unpaired) electrons. The average molecular weight is 143 g/mol. The highest BCUT2D eigenvalue weighted by Gasteiger charge is 2.07. The molecule has 6 nitrogen and oxygen atoms in total. The lowest BCUT2D eigenvalue weighted by atomic mass is 10.7. The topological polar surface area (TPSA) is 84.7 Å². The third-order valence-electron chi connectivity index (χ3n) is 0.977. The van der Waals surface area contributed by atoms with Crippen molar-refractivity contribution in [2.75, 3.05) is 0 Å². The first-order valence-corrected chi connectivity index (χ1v) is 2.43. The largest absolute Gasteiger partial charge is 0.710 e. The molecule has 1 rings (SSSR count). The van der Waals surface area contributed by atoms with Crippen LogP contribution in [-0.4, -0.2) is 21.4 Å². The third kappa shape index (κ3) is 0.859. The Balaban J connectivity index is 3.10. The summed E-state index contributed by atoms with van der Waals surface area (Å²) in [5.41, 5.74) is 0. The van der Waals surface area contributed by atoms with E-state index in [1.165, 1.54) is 0 Å². The van der Waals surface area contributed by atoms with Crippen molar-refractivity contribution in [1.82, 2.24) is 4.73 Å². The van der Waals surface area contributed by atoms with Gasteiger partial charge in [-0.05, 0) is 4.73 Å². The molecule has 0 bridgehead atoms. The summed E-state index contributed by atoms with van der Waals surface area (Å²) in [6.45, 7) is 0. The molecule has 0 atom stereocenters. The molecule has 2 N–H and O–H groups in total. The summed E-state index contributed by atoms with van der Waals surface area (Å²) in [4.78, 5) is 0. The Kier molecular flexibility index (Phi) is 1.44. The molecule has 1 aromatic heterocycles. The molecule has 0 unspecified atom stereocenters. The first-order chi connectivity index (χ1) is 4.75. The summed E-state index contributed by atoms with van der Waals surface area (Å²) < 4.78 is 0.909. The van der Waals surface area contributed by atoms with Crippen LogP contribution in [0.25, 0.3) is 0 Å². The Morgan fingerprint density at radius 1 is 1.80 bits per heavy atom. The zero-order valence-corrected chi connectivity index (χ0v) is 4.88. The zero-order chi connectivity index (χ0) is 7.56. The molecule has 0 saturated heterocycles. The molecule has 0 amide bonds. The fourth-order valence-electron chi connectivity index (χ4n) is 0.545. The first-order valence-electron chi connectivity index (χ1n) is 2.43. The lowest BCUT2D eigenvalue weighted by molar-refractivity contribution is -0.607. The molecule has 0 aliphatic rings. The van der Waals surface area contributed by atoms with Gasteiger partial charge in [0, 0.05) is 0 Å². The number of rotatable bonds is 1. The average Bonchev–Trinajstić information content (AvgIpc) is 2.20. The number of hydrogen-bond acceptors (Lipinski definition) is 4. The highest BCUT2D eigenvalue weighted by atomic mass is 16.5. The predicted octanol–water partition coefficient (Wildman–Crippen LogP) is -0.833. The number of imidazole rings is 1. The van der Waals surface area contributed by atoms with E-state index in [9.17, 15) is 5.21 Å². The van der Waals surface area contributed by atoms with Crippen molar-refractivity contribution < 1.29 is 15.1 Å². The second-order valence-corrected chi connectivity index (χ2v) is 1.57. The number of hydrogen-bond donors (Lipinski definition) is 2. The van der Waals surface area contributed by atoms with Gasteiger partial charge in [-0.25, -0.2) is 4.73 Å². The lowest BCUT2D eigenvalue weighted by Crippen LogP contribution is -2.29. The monoisotopic (exact) mass is 143 g/mol. The van der Waals surface area contributed by atoms with Gasteiger partial charge in [0.15, 0.2) is 12.4 Å². The third-order valence-corrected chi connectivity index (χ3v) is 0.977. The van der Waals surface area contributed by atoms with E-state index in [1.54, 1.807) is 0 Å². The maximum absolute atomic E-state index is 10.6. The van der Waals surface area contributed by atoms with E-state index >= 15 is 0 Å². The van der Waals surface area contributed by atoms with Crippen molar-refractivity contribution in [2.45, 2.75) is 0 Å². The molecule has 0 aliphatic heterocycles. The fourth-order valence-corrected chi connectivity index (χ4v) is 0.545. The van der Waals surface area contributed by atoms with Gasteiger partial charge in [-0.2, -0.15) is 0 Å². The second-order valence-electron chi connectivity index (χ2n) is 1.57. The molecule has 1 heterocycles. The van der Waals surface area contributed by atoms with Gasteiger partial charge in [0.1, 0.15) is 6.20 Å². The predicted molar refractivity (Wildman–Crippen MR) is 30.0 cm³/mol.